The highest BCUT2D eigenvalue weighted by Crippen LogP contribution is 2.11. The summed E-state index contributed by atoms with van der Waals surface area (Å²) in [6.45, 7) is 2.32. The number of nitrogens with zero attached hydrogens (tertiary/aromatic N) is 1. The fourth-order valence-corrected chi connectivity index (χ4v) is 1.34. The van der Waals surface area contributed by atoms with Crippen LogP contribution in [0.15, 0.2) is 23.3 Å². The molecule has 5 N–H and O–H groups in total. The van der Waals surface area contributed by atoms with Crippen molar-refractivity contribution in [1.82, 2.24) is 5.43 Å². The quantitative estimate of drug-likeness (QED) is 0.235. The number of ether oxygens (including phenoxy) is 1. The summed E-state index contributed by atoms with van der Waals surface area (Å²) in [5, 5.41) is 22.1. The van der Waals surface area contributed by atoms with Crippen molar-refractivity contribution in [2.24, 2.45) is 10.8 Å². The van der Waals surface area contributed by atoms with Crippen LogP contribution in [0.4, 0.5) is 0 Å². The highest BCUT2D eigenvalue weighted by atomic mass is 32.1. The average molecular weight is 267 g/mol. The van der Waals surface area contributed by atoms with E-state index in [4.69, 9.17) is 20.5 Å². The molecule has 0 bridgehead atoms. The second-order valence-corrected chi connectivity index (χ2v) is 3.82. The van der Waals surface area contributed by atoms with E-state index >= 15 is 0 Å². The Labute approximate surface area is 111 Å². The summed E-state index contributed by atoms with van der Waals surface area (Å²) in [5.74, 6) is 0.528. The summed E-state index contributed by atoms with van der Waals surface area (Å²) in [6.07, 6.45) is 1.45. The smallest absolute Gasteiger partial charge is 0.488 e. The molecule has 0 unspecified atom stereocenters. The lowest BCUT2D eigenvalue weighted by atomic mass is 9.79. The second kappa shape index (κ2) is 6.95. The minimum atomic E-state index is -1.57. The van der Waals surface area contributed by atoms with Gasteiger partial charge in [-0.15, -0.1) is 0 Å². The zero-order valence-corrected chi connectivity index (χ0v) is 10.6. The molecule has 0 aromatic heterocycles. The van der Waals surface area contributed by atoms with Gasteiger partial charge in [-0.05, 0) is 42.3 Å². The Kier molecular flexibility index (Phi) is 5.57. The summed E-state index contributed by atoms with van der Waals surface area (Å²) in [7, 11) is -1.57. The van der Waals surface area contributed by atoms with Gasteiger partial charge in [0.15, 0.2) is 5.11 Å². The Bertz CT molecular complexity index is 454. The predicted molar refractivity (Wildman–Crippen MR) is 75.0 cm³/mol. The molecule has 1 rings (SSSR count). The van der Waals surface area contributed by atoms with Gasteiger partial charge in [0.05, 0.1) is 12.8 Å². The number of nitrogens with two attached hydrogens (primary N) is 1. The average Bonchev–Trinajstić information content (AvgIpc) is 2.28. The lowest BCUT2D eigenvalue weighted by molar-refractivity contribution is 0.340. The molecule has 0 aliphatic carbocycles. The number of hydrazone groups is 1. The van der Waals surface area contributed by atoms with Crippen molar-refractivity contribution in [3.8, 4) is 5.75 Å². The fourth-order valence-electron chi connectivity index (χ4n) is 1.29. The molecule has 6 nitrogen and oxygen atoms in total. The van der Waals surface area contributed by atoms with Gasteiger partial charge < -0.3 is 20.5 Å². The lowest BCUT2D eigenvalue weighted by Crippen LogP contribution is -2.30. The molecule has 0 fully saturated rings. The number of hydrogen-bond acceptors (Lipinski definition) is 5. The topological polar surface area (TPSA) is 100 Å². The Balaban J connectivity index is 2.95. The molecular formula is C10H14BN3O3S. The molecule has 0 aliphatic rings. The highest BCUT2D eigenvalue weighted by Gasteiger charge is 2.13. The number of thiocarbonyl (C=S) groups is 1. The van der Waals surface area contributed by atoms with E-state index in [9.17, 15) is 0 Å². The van der Waals surface area contributed by atoms with Crippen molar-refractivity contribution in [2.45, 2.75) is 6.92 Å². The van der Waals surface area contributed by atoms with E-state index in [0.717, 1.165) is 0 Å². The minimum absolute atomic E-state index is 0.0506. The maximum atomic E-state index is 9.15. The third-order valence-electron chi connectivity index (χ3n) is 1.95. The molecule has 0 amide bonds. The van der Waals surface area contributed by atoms with Crippen molar-refractivity contribution >= 4 is 36.1 Å². The van der Waals surface area contributed by atoms with Crippen LogP contribution in [0.2, 0.25) is 0 Å². The van der Waals surface area contributed by atoms with Crippen molar-refractivity contribution < 1.29 is 14.8 Å². The second-order valence-electron chi connectivity index (χ2n) is 3.38. The molecule has 0 atom stereocenters. The van der Waals surface area contributed by atoms with Gasteiger partial charge in [-0.1, -0.05) is 6.07 Å². The van der Waals surface area contributed by atoms with Crippen LogP contribution in [-0.4, -0.2) is 35.1 Å². The van der Waals surface area contributed by atoms with E-state index in [0.29, 0.717) is 23.4 Å². The third-order valence-corrected chi connectivity index (χ3v) is 2.04. The van der Waals surface area contributed by atoms with E-state index in [1.54, 1.807) is 18.2 Å². The molecule has 0 aliphatic heterocycles. The monoisotopic (exact) mass is 267 g/mol. The molecule has 0 radical (unpaired) electrons. The zero-order valence-electron chi connectivity index (χ0n) is 9.83. The Hall–Kier alpha value is -1.64. The molecule has 96 valence electrons. The van der Waals surface area contributed by atoms with Crippen LogP contribution >= 0.6 is 12.2 Å². The summed E-state index contributed by atoms with van der Waals surface area (Å²) in [4.78, 5) is 0. The summed E-state index contributed by atoms with van der Waals surface area (Å²) in [5.41, 5.74) is 8.57. The van der Waals surface area contributed by atoms with Crippen LogP contribution < -0.4 is 21.4 Å². The summed E-state index contributed by atoms with van der Waals surface area (Å²) >= 11 is 4.59. The maximum Gasteiger partial charge on any atom is 0.488 e. The first kappa shape index (κ1) is 14.4. The zero-order chi connectivity index (χ0) is 13.5. The third kappa shape index (κ3) is 4.70. The van der Waals surface area contributed by atoms with Crippen LogP contribution in [-0.2, 0) is 0 Å². The predicted octanol–water partition coefficient (Wildman–Crippen LogP) is -1.07. The van der Waals surface area contributed by atoms with E-state index in [-0.39, 0.29) is 5.11 Å². The first-order chi connectivity index (χ1) is 8.52. The number of nitrogens with one attached hydrogen (secondary N) is 1. The van der Waals surface area contributed by atoms with Crippen LogP contribution in [0.5, 0.6) is 5.75 Å². The molecular weight excluding hydrogens is 253 g/mol. The fraction of sp³-hybridized carbons (Fsp3) is 0.200. The largest absolute Gasteiger partial charge is 0.494 e. The van der Waals surface area contributed by atoms with E-state index in [1.165, 1.54) is 6.21 Å². The van der Waals surface area contributed by atoms with Gasteiger partial charge in [-0.3, -0.25) is 5.43 Å². The molecule has 0 spiro atoms. The van der Waals surface area contributed by atoms with Crippen LogP contribution in [0.3, 0.4) is 0 Å². The SMILES string of the molecule is CCOc1cc(C=NNC(N)=S)cc(B(O)O)c1. The molecule has 1 aromatic rings. The number of rotatable bonds is 5. The van der Waals surface area contributed by atoms with Gasteiger partial charge in [0, 0.05) is 0 Å². The minimum Gasteiger partial charge on any atom is -0.494 e. The Morgan fingerprint density at radius 1 is 1.56 bits per heavy atom. The molecule has 0 saturated heterocycles. The van der Waals surface area contributed by atoms with E-state index in [2.05, 4.69) is 22.7 Å². The van der Waals surface area contributed by atoms with Crippen molar-refractivity contribution in [3.05, 3.63) is 23.8 Å². The maximum absolute atomic E-state index is 9.15. The summed E-state index contributed by atoms with van der Waals surface area (Å²) in [6, 6.07) is 4.82. The summed E-state index contributed by atoms with van der Waals surface area (Å²) < 4.78 is 5.31. The van der Waals surface area contributed by atoms with Gasteiger partial charge in [-0.25, -0.2) is 0 Å². The van der Waals surface area contributed by atoms with Gasteiger partial charge in [0.2, 0.25) is 0 Å². The van der Waals surface area contributed by atoms with Gasteiger partial charge in [-0.2, -0.15) is 5.10 Å². The van der Waals surface area contributed by atoms with Crippen molar-refractivity contribution in [2.75, 3.05) is 6.61 Å². The van der Waals surface area contributed by atoms with E-state index in [1.807, 2.05) is 6.92 Å². The number of benzene rings is 1. The van der Waals surface area contributed by atoms with Crippen LogP contribution in [0.1, 0.15) is 12.5 Å². The van der Waals surface area contributed by atoms with E-state index < -0.39 is 7.12 Å². The first-order valence-corrected chi connectivity index (χ1v) is 5.66. The standard InChI is InChI=1S/C10H14BN3O3S/c1-2-17-9-4-7(6-13-14-10(12)18)3-8(5-9)11(15)16/h3-6,15-16H,2H2,1H3,(H3,12,14,18). The van der Waals surface area contributed by atoms with Crippen molar-refractivity contribution in [1.29, 1.82) is 0 Å². The Morgan fingerprint density at radius 3 is 2.83 bits per heavy atom. The Morgan fingerprint density at radius 2 is 2.28 bits per heavy atom. The van der Waals surface area contributed by atoms with Crippen LogP contribution in [0.25, 0.3) is 0 Å². The first-order valence-electron chi connectivity index (χ1n) is 5.25. The molecule has 0 heterocycles. The van der Waals surface area contributed by atoms with Gasteiger partial charge in [0.25, 0.3) is 0 Å². The lowest BCUT2D eigenvalue weighted by Gasteiger charge is -2.07. The molecule has 1 aromatic carbocycles. The van der Waals surface area contributed by atoms with Crippen LogP contribution in [0, 0.1) is 0 Å². The van der Waals surface area contributed by atoms with Crippen molar-refractivity contribution in [3.63, 3.8) is 0 Å². The number of hydrogen-bond donors (Lipinski definition) is 4. The molecule has 0 saturated carbocycles. The van der Waals surface area contributed by atoms with Gasteiger partial charge in [0.1, 0.15) is 5.75 Å². The molecule has 8 heteroatoms. The normalized spacial score (nSPS) is 10.4. The van der Waals surface area contributed by atoms with Gasteiger partial charge >= 0.3 is 7.12 Å². The highest BCUT2D eigenvalue weighted by molar-refractivity contribution is 7.80. The molecule has 18 heavy (non-hydrogen) atoms.